The molecule has 2 amide bonds. The van der Waals surface area contributed by atoms with E-state index in [9.17, 15) is 4.79 Å². The number of hydrogen-bond acceptors (Lipinski definition) is 3. The fraction of sp³-hybridized carbons (Fsp3) is 0.714. The number of hydrogen-bond donors (Lipinski definition) is 2. The first kappa shape index (κ1) is 12.9. The SMILES string of the molecule is Cc1csc([C@@H](NC(=O)N[C@@H](C)C2CC2)C2CC2)n1. The van der Waals surface area contributed by atoms with Gasteiger partial charge >= 0.3 is 6.03 Å². The van der Waals surface area contributed by atoms with Crippen molar-refractivity contribution in [2.45, 2.75) is 51.6 Å². The van der Waals surface area contributed by atoms with Crippen LogP contribution in [0.25, 0.3) is 0 Å². The van der Waals surface area contributed by atoms with Crippen LogP contribution in [0.4, 0.5) is 4.79 Å². The summed E-state index contributed by atoms with van der Waals surface area (Å²) in [6.07, 6.45) is 4.89. The van der Waals surface area contributed by atoms with Crippen molar-refractivity contribution < 1.29 is 4.79 Å². The Bertz CT molecular complexity index is 465. The summed E-state index contributed by atoms with van der Waals surface area (Å²) >= 11 is 1.65. The van der Waals surface area contributed by atoms with Crippen LogP contribution in [0, 0.1) is 18.8 Å². The number of thiazole rings is 1. The summed E-state index contributed by atoms with van der Waals surface area (Å²) < 4.78 is 0. The summed E-state index contributed by atoms with van der Waals surface area (Å²) in [7, 11) is 0. The standard InChI is InChI=1S/C14H21N3OS/c1-8-7-19-13(15-8)12(11-5-6-11)17-14(18)16-9(2)10-3-4-10/h7,9-12H,3-6H2,1-2H3,(H2,16,17,18)/t9-,12-/m0/s1. The lowest BCUT2D eigenvalue weighted by atomic mass is 10.2. The highest BCUT2D eigenvalue weighted by atomic mass is 32.1. The van der Waals surface area contributed by atoms with Gasteiger partial charge < -0.3 is 10.6 Å². The van der Waals surface area contributed by atoms with Crippen LogP contribution in [0.15, 0.2) is 5.38 Å². The van der Waals surface area contributed by atoms with E-state index < -0.39 is 0 Å². The summed E-state index contributed by atoms with van der Waals surface area (Å²) in [6, 6.07) is 0.354. The summed E-state index contributed by atoms with van der Waals surface area (Å²) in [4.78, 5) is 16.6. The summed E-state index contributed by atoms with van der Waals surface area (Å²) in [5.41, 5.74) is 1.04. The molecule has 0 aliphatic heterocycles. The van der Waals surface area contributed by atoms with Crippen molar-refractivity contribution in [3.8, 4) is 0 Å². The van der Waals surface area contributed by atoms with Crippen LogP contribution < -0.4 is 10.6 Å². The van der Waals surface area contributed by atoms with Crippen LogP contribution in [0.1, 0.15) is 49.4 Å². The highest BCUT2D eigenvalue weighted by Gasteiger charge is 2.36. The Kier molecular flexibility index (Phi) is 3.48. The minimum atomic E-state index is -0.0378. The number of nitrogens with zero attached hydrogens (tertiary/aromatic N) is 1. The minimum absolute atomic E-state index is 0.0378. The third-order valence-corrected chi connectivity index (χ3v) is 5.02. The molecule has 1 heterocycles. The Labute approximate surface area is 118 Å². The molecule has 1 aromatic heterocycles. The van der Waals surface area contributed by atoms with Crippen molar-refractivity contribution in [1.82, 2.24) is 15.6 Å². The summed E-state index contributed by atoms with van der Waals surface area (Å²) in [6.45, 7) is 4.09. The van der Waals surface area contributed by atoms with Gasteiger partial charge in [0.15, 0.2) is 0 Å². The maximum atomic E-state index is 12.1. The molecule has 2 N–H and O–H groups in total. The number of amides is 2. The molecule has 3 rings (SSSR count). The fourth-order valence-corrected chi connectivity index (χ4v) is 3.37. The zero-order chi connectivity index (χ0) is 13.4. The molecule has 104 valence electrons. The molecule has 2 aliphatic carbocycles. The number of rotatable bonds is 5. The normalized spacial score (nSPS) is 21.8. The number of aromatic nitrogens is 1. The van der Waals surface area contributed by atoms with Gasteiger partial charge in [-0.15, -0.1) is 11.3 Å². The highest BCUT2D eigenvalue weighted by Crippen LogP contribution is 2.41. The predicted molar refractivity (Wildman–Crippen MR) is 76.2 cm³/mol. The Morgan fingerprint density at radius 3 is 2.53 bits per heavy atom. The van der Waals surface area contributed by atoms with Crippen LogP contribution >= 0.6 is 11.3 Å². The molecule has 0 aromatic carbocycles. The van der Waals surface area contributed by atoms with Gasteiger partial charge in [-0.3, -0.25) is 0 Å². The van der Waals surface area contributed by atoms with E-state index in [1.807, 2.05) is 6.92 Å². The number of aryl methyl sites for hydroxylation is 1. The van der Waals surface area contributed by atoms with Crippen LogP contribution in [-0.4, -0.2) is 17.1 Å². The molecule has 19 heavy (non-hydrogen) atoms. The summed E-state index contributed by atoms with van der Waals surface area (Å²) in [5, 5.41) is 9.28. The van der Waals surface area contributed by atoms with Gasteiger partial charge in [0.2, 0.25) is 0 Å². The lowest BCUT2D eigenvalue weighted by molar-refractivity contribution is 0.231. The first-order chi connectivity index (χ1) is 9.13. The van der Waals surface area contributed by atoms with E-state index >= 15 is 0 Å². The highest BCUT2D eigenvalue weighted by molar-refractivity contribution is 7.09. The number of carbonyl (C=O) groups is 1. The minimum Gasteiger partial charge on any atom is -0.335 e. The molecule has 0 radical (unpaired) electrons. The lowest BCUT2D eigenvalue weighted by Gasteiger charge is -2.19. The molecule has 2 aliphatic rings. The van der Waals surface area contributed by atoms with E-state index in [-0.39, 0.29) is 18.1 Å². The average Bonchev–Trinajstić information content (AvgIpc) is 3.25. The average molecular weight is 279 g/mol. The first-order valence-electron chi connectivity index (χ1n) is 7.12. The van der Waals surface area contributed by atoms with Crippen molar-refractivity contribution in [3.05, 3.63) is 16.1 Å². The van der Waals surface area contributed by atoms with Gasteiger partial charge in [0.05, 0.1) is 6.04 Å². The van der Waals surface area contributed by atoms with Crippen LogP contribution in [0.2, 0.25) is 0 Å². The molecule has 0 bridgehead atoms. The zero-order valence-electron chi connectivity index (χ0n) is 11.5. The Balaban J connectivity index is 1.59. The van der Waals surface area contributed by atoms with Gasteiger partial charge in [0.25, 0.3) is 0 Å². The second-order valence-corrected chi connectivity index (χ2v) is 6.78. The topological polar surface area (TPSA) is 54.0 Å². The first-order valence-corrected chi connectivity index (χ1v) is 8.00. The maximum absolute atomic E-state index is 12.1. The molecule has 2 atom stereocenters. The zero-order valence-corrected chi connectivity index (χ0v) is 12.3. The molecule has 0 spiro atoms. The van der Waals surface area contributed by atoms with Crippen LogP contribution in [-0.2, 0) is 0 Å². The van der Waals surface area contributed by atoms with Crippen LogP contribution in [0.5, 0.6) is 0 Å². The Morgan fingerprint density at radius 1 is 1.32 bits per heavy atom. The molecule has 4 nitrogen and oxygen atoms in total. The number of carbonyl (C=O) groups excluding carboxylic acids is 1. The van der Waals surface area contributed by atoms with Gasteiger partial charge in [0.1, 0.15) is 5.01 Å². The van der Waals surface area contributed by atoms with Gasteiger partial charge in [-0.2, -0.15) is 0 Å². The molecule has 0 saturated heterocycles. The number of nitrogens with one attached hydrogen (secondary N) is 2. The third kappa shape index (κ3) is 3.26. The van der Waals surface area contributed by atoms with E-state index in [2.05, 4.69) is 27.9 Å². The molecule has 0 unspecified atom stereocenters. The smallest absolute Gasteiger partial charge is 0.315 e. The monoisotopic (exact) mass is 279 g/mol. The van der Waals surface area contributed by atoms with Gasteiger partial charge in [-0.1, -0.05) is 0 Å². The quantitative estimate of drug-likeness (QED) is 0.870. The molecular formula is C14H21N3OS. The van der Waals surface area contributed by atoms with Gasteiger partial charge in [-0.25, -0.2) is 9.78 Å². The molecule has 5 heteroatoms. The second-order valence-electron chi connectivity index (χ2n) is 5.89. The molecule has 2 fully saturated rings. The third-order valence-electron chi connectivity index (χ3n) is 3.97. The molecule has 2 saturated carbocycles. The molecular weight excluding hydrogens is 258 g/mol. The van der Waals surface area contributed by atoms with E-state index in [4.69, 9.17) is 0 Å². The van der Waals surface area contributed by atoms with E-state index in [0.29, 0.717) is 11.8 Å². The maximum Gasteiger partial charge on any atom is 0.315 e. The lowest BCUT2D eigenvalue weighted by Crippen LogP contribution is -2.43. The van der Waals surface area contributed by atoms with E-state index in [1.54, 1.807) is 11.3 Å². The largest absolute Gasteiger partial charge is 0.335 e. The van der Waals surface area contributed by atoms with Crippen molar-refractivity contribution in [2.75, 3.05) is 0 Å². The van der Waals surface area contributed by atoms with Gasteiger partial charge in [0, 0.05) is 17.1 Å². The Hall–Kier alpha value is -1.10. The number of urea groups is 1. The fourth-order valence-electron chi connectivity index (χ4n) is 2.43. The van der Waals surface area contributed by atoms with Crippen LogP contribution in [0.3, 0.4) is 0 Å². The van der Waals surface area contributed by atoms with Crippen molar-refractivity contribution in [2.24, 2.45) is 11.8 Å². The van der Waals surface area contributed by atoms with E-state index in [0.717, 1.165) is 10.7 Å². The van der Waals surface area contributed by atoms with Crippen molar-refractivity contribution in [3.63, 3.8) is 0 Å². The second kappa shape index (κ2) is 5.12. The van der Waals surface area contributed by atoms with E-state index in [1.165, 1.54) is 25.7 Å². The van der Waals surface area contributed by atoms with Crippen molar-refractivity contribution >= 4 is 17.4 Å². The Morgan fingerprint density at radius 2 is 2.00 bits per heavy atom. The summed E-state index contributed by atoms with van der Waals surface area (Å²) in [5.74, 6) is 1.26. The predicted octanol–water partition coefficient (Wildman–Crippen LogP) is 3.00. The van der Waals surface area contributed by atoms with Crippen molar-refractivity contribution in [1.29, 1.82) is 0 Å². The van der Waals surface area contributed by atoms with Gasteiger partial charge in [-0.05, 0) is 51.4 Å². The molecule has 1 aromatic rings.